The van der Waals surface area contributed by atoms with Crippen molar-refractivity contribution >= 4 is 56.6 Å². The van der Waals surface area contributed by atoms with E-state index in [1.54, 1.807) is 12.1 Å². The van der Waals surface area contributed by atoms with Crippen LogP contribution in [0.1, 0.15) is 10.4 Å². The van der Waals surface area contributed by atoms with Gasteiger partial charge in [-0.25, -0.2) is 4.98 Å². The SMILES string of the molecule is O=C1Nc2cc(Sc3ncns3)c(Br)cc2C1=O. The van der Waals surface area contributed by atoms with Gasteiger partial charge < -0.3 is 5.32 Å². The van der Waals surface area contributed by atoms with E-state index in [-0.39, 0.29) is 0 Å². The summed E-state index contributed by atoms with van der Waals surface area (Å²) >= 11 is 6.10. The molecule has 1 aromatic heterocycles. The zero-order valence-electron chi connectivity index (χ0n) is 8.64. The molecular formula is C10H4BrN3O2S2. The Balaban J connectivity index is 2.01. The number of nitrogens with zero attached hydrogens (tertiary/aromatic N) is 2. The summed E-state index contributed by atoms with van der Waals surface area (Å²) in [5.41, 5.74) is 0.939. The van der Waals surface area contributed by atoms with Crippen molar-refractivity contribution in [1.82, 2.24) is 9.36 Å². The summed E-state index contributed by atoms with van der Waals surface area (Å²) in [4.78, 5) is 27.7. The van der Waals surface area contributed by atoms with E-state index < -0.39 is 11.7 Å². The van der Waals surface area contributed by atoms with E-state index in [4.69, 9.17) is 0 Å². The molecule has 1 aliphatic heterocycles. The summed E-state index contributed by atoms with van der Waals surface area (Å²) in [5.74, 6) is -1.09. The second kappa shape index (κ2) is 4.45. The van der Waals surface area contributed by atoms with Crippen LogP contribution in [-0.2, 0) is 4.79 Å². The van der Waals surface area contributed by atoms with Gasteiger partial charge in [-0.3, -0.25) is 9.59 Å². The van der Waals surface area contributed by atoms with E-state index in [0.29, 0.717) is 11.3 Å². The Morgan fingerprint density at radius 2 is 2.17 bits per heavy atom. The van der Waals surface area contributed by atoms with E-state index in [0.717, 1.165) is 13.7 Å². The highest BCUT2D eigenvalue weighted by Gasteiger charge is 2.29. The number of nitrogens with one attached hydrogen (secondary N) is 1. The lowest BCUT2D eigenvalue weighted by molar-refractivity contribution is -0.112. The van der Waals surface area contributed by atoms with Crippen LogP contribution in [0.2, 0.25) is 0 Å². The van der Waals surface area contributed by atoms with Crippen molar-refractivity contribution in [3.63, 3.8) is 0 Å². The zero-order valence-corrected chi connectivity index (χ0v) is 11.9. The number of hydrogen-bond donors (Lipinski definition) is 1. The molecule has 2 heterocycles. The number of anilines is 1. The van der Waals surface area contributed by atoms with Gasteiger partial charge in [-0.05, 0) is 39.6 Å². The third kappa shape index (κ3) is 1.96. The molecule has 2 aromatic rings. The molecule has 1 aliphatic rings. The molecule has 0 fully saturated rings. The molecule has 8 heteroatoms. The summed E-state index contributed by atoms with van der Waals surface area (Å²) in [7, 11) is 0. The second-order valence-electron chi connectivity index (χ2n) is 3.42. The van der Waals surface area contributed by atoms with Crippen LogP contribution < -0.4 is 5.32 Å². The minimum Gasteiger partial charge on any atom is -0.318 e. The highest BCUT2D eigenvalue weighted by Crippen LogP contribution is 2.38. The van der Waals surface area contributed by atoms with Crippen molar-refractivity contribution in [1.29, 1.82) is 0 Å². The highest BCUT2D eigenvalue weighted by molar-refractivity contribution is 9.10. The van der Waals surface area contributed by atoms with Crippen LogP contribution in [0.15, 0.2) is 32.2 Å². The van der Waals surface area contributed by atoms with Gasteiger partial charge in [0.15, 0.2) is 4.34 Å². The molecule has 1 amide bonds. The number of fused-ring (bicyclic) bond motifs is 1. The number of benzene rings is 1. The quantitative estimate of drug-likeness (QED) is 0.850. The molecule has 0 unspecified atom stereocenters. The number of amides is 1. The Morgan fingerprint density at radius 1 is 1.33 bits per heavy atom. The van der Waals surface area contributed by atoms with Crippen molar-refractivity contribution in [2.24, 2.45) is 0 Å². The number of ketones is 1. The number of hydrogen-bond acceptors (Lipinski definition) is 6. The van der Waals surface area contributed by atoms with Crippen LogP contribution in [0.5, 0.6) is 0 Å². The summed E-state index contributed by atoms with van der Waals surface area (Å²) in [5, 5.41) is 2.54. The molecule has 0 saturated heterocycles. The summed E-state index contributed by atoms with van der Waals surface area (Å²) < 4.78 is 5.47. The second-order valence-corrected chi connectivity index (χ2v) is 6.34. The van der Waals surface area contributed by atoms with E-state index in [1.807, 2.05) is 0 Å². The first kappa shape index (κ1) is 11.8. The monoisotopic (exact) mass is 341 g/mol. The number of Topliss-reactive ketones (excluding diaryl/α,β-unsaturated/α-hetero) is 1. The maximum absolute atomic E-state index is 11.5. The molecule has 18 heavy (non-hydrogen) atoms. The van der Waals surface area contributed by atoms with Gasteiger partial charge in [0, 0.05) is 9.37 Å². The first-order valence-corrected chi connectivity index (χ1v) is 7.17. The molecular weight excluding hydrogens is 338 g/mol. The molecule has 1 N–H and O–H groups in total. The molecule has 0 radical (unpaired) electrons. The summed E-state index contributed by atoms with van der Waals surface area (Å²) in [6.45, 7) is 0. The number of carbonyl (C=O) groups excluding carboxylic acids is 2. The lowest BCUT2D eigenvalue weighted by Crippen LogP contribution is -2.12. The van der Waals surface area contributed by atoms with Gasteiger partial charge >= 0.3 is 0 Å². The average Bonchev–Trinajstić information content (AvgIpc) is 2.92. The number of carbonyl (C=O) groups is 2. The van der Waals surface area contributed by atoms with Crippen molar-refractivity contribution in [2.75, 3.05) is 5.32 Å². The van der Waals surface area contributed by atoms with Crippen LogP contribution in [0.25, 0.3) is 0 Å². The Kier molecular flexibility index (Phi) is 2.92. The van der Waals surface area contributed by atoms with Gasteiger partial charge in [0.05, 0.1) is 11.3 Å². The molecule has 90 valence electrons. The fourth-order valence-electron chi connectivity index (χ4n) is 1.53. The van der Waals surface area contributed by atoms with E-state index in [1.165, 1.54) is 29.6 Å². The number of halogens is 1. The number of rotatable bonds is 2. The van der Waals surface area contributed by atoms with Crippen molar-refractivity contribution in [3.05, 3.63) is 28.5 Å². The fourth-order valence-corrected chi connectivity index (χ4v) is 3.56. The lowest BCUT2D eigenvalue weighted by Gasteiger charge is -2.04. The minimum atomic E-state index is -0.588. The van der Waals surface area contributed by atoms with Crippen molar-refractivity contribution in [2.45, 2.75) is 9.24 Å². The Bertz CT molecular complexity index is 657. The van der Waals surface area contributed by atoms with Crippen molar-refractivity contribution in [3.8, 4) is 0 Å². The van der Waals surface area contributed by atoms with Crippen molar-refractivity contribution < 1.29 is 9.59 Å². The summed E-state index contributed by atoms with van der Waals surface area (Å²) in [6, 6.07) is 3.41. The third-order valence-corrected chi connectivity index (χ3v) is 5.00. The lowest BCUT2D eigenvalue weighted by atomic mass is 10.1. The molecule has 0 atom stereocenters. The predicted octanol–water partition coefficient (Wildman–Crippen LogP) is 2.59. The van der Waals surface area contributed by atoms with Crippen LogP contribution in [-0.4, -0.2) is 21.0 Å². The van der Waals surface area contributed by atoms with Gasteiger partial charge in [0.25, 0.3) is 11.7 Å². The Labute approximate surface area is 118 Å². The normalized spacial score (nSPS) is 13.6. The average molecular weight is 342 g/mol. The standard InChI is InChI=1S/C10H4BrN3O2S2/c11-5-1-4-6(14-9(16)8(4)15)2-7(5)17-10-12-3-13-18-10/h1-3H,(H,14,15,16). The zero-order chi connectivity index (χ0) is 12.7. The van der Waals surface area contributed by atoms with Gasteiger partial charge in [-0.2, -0.15) is 4.37 Å². The van der Waals surface area contributed by atoms with Gasteiger partial charge in [0.1, 0.15) is 6.33 Å². The van der Waals surface area contributed by atoms with Gasteiger partial charge in [-0.1, -0.05) is 11.8 Å². The molecule has 0 spiro atoms. The summed E-state index contributed by atoms with van der Waals surface area (Å²) in [6.07, 6.45) is 1.49. The minimum absolute atomic E-state index is 0.397. The van der Waals surface area contributed by atoms with Crippen LogP contribution in [0, 0.1) is 0 Å². The van der Waals surface area contributed by atoms with E-state index >= 15 is 0 Å². The molecule has 5 nitrogen and oxygen atoms in total. The van der Waals surface area contributed by atoms with Crippen LogP contribution in [0.4, 0.5) is 5.69 Å². The molecule has 0 bridgehead atoms. The number of aromatic nitrogens is 2. The third-order valence-electron chi connectivity index (χ3n) is 2.31. The maximum Gasteiger partial charge on any atom is 0.296 e. The van der Waals surface area contributed by atoms with E-state index in [9.17, 15) is 9.59 Å². The smallest absolute Gasteiger partial charge is 0.296 e. The molecule has 0 aliphatic carbocycles. The first-order chi connectivity index (χ1) is 8.65. The highest BCUT2D eigenvalue weighted by atomic mass is 79.9. The van der Waals surface area contributed by atoms with Crippen LogP contribution >= 0.6 is 39.2 Å². The largest absolute Gasteiger partial charge is 0.318 e. The molecule has 1 aromatic carbocycles. The Hall–Kier alpha value is -1.25. The van der Waals surface area contributed by atoms with Gasteiger partial charge in [0.2, 0.25) is 0 Å². The predicted molar refractivity (Wildman–Crippen MR) is 71.1 cm³/mol. The molecule has 0 saturated carbocycles. The van der Waals surface area contributed by atoms with E-state index in [2.05, 4.69) is 30.6 Å². The maximum atomic E-state index is 11.5. The Morgan fingerprint density at radius 3 is 2.89 bits per heavy atom. The first-order valence-electron chi connectivity index (χ1n) is 4.79. The fraction of sp³-hybridized carbons (Fsp3) is 0. The van der Waals surface area contributed by atoms with Gasteiger partial charge in [-0.15, -0.1) is 0 Å². The molecule has 3 rings (SSSR count). The van der Waals surface area contributed by atoms with Crippen LogP contribution in [0.3, 0.4) is 0 Å². The topological polar surface area (TPSA) is 72.0 Å².